The van der Waals surface area contributed by atoms with E-state index >= 15 is 0 Å². The summed E-state index contributed by atoms with van der Waals surface area (Å²) in [4.78, 5) is 23.4. The zero-order valence-corrected chi connectivity index (χ0v) is 10.1. The summed E-state index contributed by atoms with van der Waals surface area (Å²) in [5.41, 5.74) is -0.354. The number of rotatable bonds is 2. The van der Waals surface area contributed by atoms with Crippen molar-refractivity contribution in [2.75, 3.05) is 0 Å². The van der Waals surface area contributed by atoms with Crippen molar-refractivity contribution in [3.63, 3.8) is 0 Å². The number of hydrogen-bond acceptors (Lipinski definition) is 4. The fourth-order valence-electron chi connectivity index (χ4n) is 4.18. The fourth-order valence-corrected chi connectivity index (χ4v) is 4.18. The molecule has 1 heterocycles. The van der Waals surface area contributed by atoms with Gasteiger partial charge in [0.1, 0.15) is 0 Å². The number of fused-ring (bicyclic) bond motifs is 1. The van der Waals surface area contributed by atoms with E-state index in [1.807, 2.05) is 6.92 Å². The van der Waals surface area contributed by atoms with Crippen molar-refractivity contribution in [2.45, 2.75) is 32.5 Å². The minimum atomic E-state index is -1.03. The minimum Gasteiger partial charge on any atom is -0.422 e. The van der Waals surface area contributed by atoms with Gasteiger partial charge in [-0.15, -0.1) is 0 Å². The van der Waals surface area contributed by atoms with Gasteiger partial charge < -0.3 is 9.47 Å². The molecule has 3 aliphatic rings. The molecule has 0 aromatic carbocycles. The Labute approximate surface area is 100.0 Å². The molecule has 92 valence electrons. The molecular formula is C13H16O4. The second kappa shape index (κ2) is 2.92. The van der Waals surface area contributed by atoms with Crippen LogP contribution < -0.4 is 0 Å². The Morgan fingerprint density at radius 1 is 1.59 bits per heavy atom. The van der Waals surface area contributed by atoms with Crippen LogP contribution >= 0.6 is 0 Å². The lowest BCUT2D eigenvalue weighted by molar-refractivity contribution is -0.235. The largest absolute Gasteiger partial charge is 0.422 e. The molecule has 4 nitrogen and oxygen atoms in total. The van der Waals surface area contributed by atoms with Gasteiger partial charge in [0.2, 0.25) is 0 Å². The molecule has 2 bridgehead atoms. The highest BCUT2D eigenvalue weighted by Gasteiger charge is 2.77. The Morgan fingerprint density at radius 3 is 2.88 bits per heavy atom. The third kappa shape index (κ3) is 1.04. The van der Waals surface area contributed by atoms with Crippen LogP contribution in [-0.2, 0) is 19.1 Å². The summed E-state index contributed by atoms with van der Waals surface area (Å²) in [6.45, 7) is 7.48. The van der Waals surface area contributed by atoms with Crippen molar-refractivity contribution in [3.05, 3.63) is 12.7 Å². The number of ether oxygens (including phenoxy) is 2. The Kier molecular flexibility index (Phi) is 1.86. The van der Waals surface area contributed by atoms with Crippen LogP contribution in [0.1, 0.15) is 26.7 Å². The first-order valence-electron chi connectivity index (χ1n) is 6.02. The maximum absolute atomic E-state index is 11.9. The van der Waals surface area contributed by atoms with E-state index in [4.69, 9.17) is 9.47 Å². The van der Waals surface area contributed by atoms with Crippen molar-refractivity contribution in [1.29, 1.82) is 0 Å². The molecule has 2 aliphatic carbocycles. The fraction of sp³-hybridized carbons (Fsp3) is 0.692. The predicted octanol–water partition coefficient (Wildman–Crippen LogP) is 1.65. The molecule has 1 aliphatic heterocycles. The van der Waals surface area contributed by atoms with Gasteiger partial charge in [-0.3, -0.25) is 4.79 Å². The molecule has 0 spiro atoms. The minimum absolute atomic E-state index is 0.126. The van der Waals surface area contributed by atoms with E-state index in [2.05, 4.69) is 13.5 Å². The van der Waals surface area contributed by atoms with Crippen molar-refractivity contribution in [2.24, 2.45) is 23.2 Å². The molecular weight excluding hydrogens is 220 g/mol. The number of esters is 2. The summed E-state index contributed by atoms with van der Waals surface area (Å²) in [6, 6.07) is 0. The third-order valence-electron chi connectivity index (χ3n) is 4.99. The first-order valence-corrected chi connectivity index (χ1v) is 6.02. The summed E-state index contributed by atoms with van der Waals surface area (Å²) in [5.74, 6) is -1.15. The van der Waals surface area contributed by atoms with Gasteiger partial charge in [0.25, 0.3) is 5.79 Å². The normalized spacial score (nSPS) is 50.2. The number of carbonyl (C=O) groups excluding carboxylic acids is 2. The van der Waals surface area contributed by atoms with Crippen LogP contribution in [-0.4, -0.2) is 17.7 Å². The summed E-state index contributed by atoms with van der Waals surface area (Å²) in [7, 11) is 0. The SMILES string of the molecule is C=CC(=O)OC12CC3CC1(C)C(C(=O)O2)C3C. The average Bonchev–Trinajstić information content (AvgIpc) is 2.69. The van der Waals surface area contributed by atoms with Crippen LogP contribution in [0.25, 0.3) is 0 Å². The van der Waals surface area contributed by atoms with Crippen molar-refractivity contribution >= 4 is 11.9 Å². The summed E-state index contributed by atoms with van der Waals surface area (Å²) < 4.78 is 10.8. The summed E-state index contributed by atoms with van der Waals surface area (Å²) in [5, 5.41) is 0. The van der Waals surface area contributed by atoms with Crippen LogP contribution in [0.5, 0.6) is 0 Å². The van der Waals surface area contributed by atoms with E-state index in [0.717, 1.165) is 12.5 Å². The van der Waals surface area contributed by atoms with Gasteiger partial charge in [-0.1, -0.05) is 20.4 Å². The molecule has 5 unspecified atom stereocenters. The summed E-state index contributed by atoms with van der Waals surface area (Å²) >= 11 is 0. The smallest absolute Gasteiger partial charge is 0.333 e. The first-order chi connectivity index (χ1) is 7.93. The Morgan fingerprint density at radius 2 is 2.29 bits per heavy atom. The van der Waals surface area contributed by atoms with Crippen molar-refractivity contribution in [3.8, 4) is 0 Å². The van der Waals surface area contributed by atoms with Gasteiger partial charge in [0.05, 0.1) is 11.3 Å². The van der Waals surface area contributed by atoms with E-state index in [-0.39, 0.29) is 17.3 Å². The van der Waals surface area contributed by atoms with Crippen molar-refractivity contribution < 1.29 is 19.1 Å². The van der Waals surface area contributed by atoms with Crippen LogP contribution in [0.2, 0.25) is 0 Å². The average molecular weight is 236 g/mol. The first kappa shape index (κ1) is 10.8. The zero-order valence-electron chi connectivity index (χ0n) is 10.1. The molecule has 17 heavy (non-hydrogen) atoms. The molecule has 3 fully saturated rings. The van der Waals surface area contributed by atoms with E-state index in [1.165, 1.54) is 0 Å². The molecule has 5 atom stereocenters. The highest BCUT2D eigenvalue weighted by Crippen LogP contribution is 2.70. The predicted molar refractivity (Wildman–Crippen MR) is 58.6 cm³/mol. The van der Waals surface area contributed by atoms with Gasteiger partial charge in [-0.05, 0) is 18.3 Å². The van der Waals surface area contributed by atoms with E-state index in [0.29, 0.717) is 18.3 Å². The highest BCUT2D eigenvalue weighted by atomic mass is 16.7. The molecule has 0 aromatic heterocycles. The lowest BCUT2D eigenvalue weighted by Crippen LogP contribution is -2.47. The van der Waals surface area contributed by atoms with Gasteiger partial charge in [0.15, 0.2) is 0 Å². The molecule has 1 saturated heterocycles. The number of carbonyl (C=O) groups is 2. The highest BCUT2D eigenvalue weighted by molar-refractivity contribution is 5.83. The molecule has 0 N–H and O–H groups in total. The maximum Gasteiger partial charge on any atom is 0.333 e. The van der Waals surface area contributed by atoms with E-state index in [1.54, 1.807) is 0 Å². The topological polar surface area (TPSA) is 52.6 Å². The standard InChI is InChI=1S/C13H16O4/c1-4-9(14)16-13-6-8-5-12(13,3)10(7(8)2)11(15)17-13/h4,7-8,10H,1,5-6H2,2-3H3. The van der Waals surface area contributed by atoms with Gasteiger partial charge in [-0.25, -0.2) is 4.79 Å². The van der Waals surface area contributed by atoms with Gasteiger partial charge in [0, 0.05) is 12.5 Å². The summed E-state index contributed by atoms with van der Waals surface area (Å²) in [6.07, 6.45) is 2.65. The molecule has 0 amide bonds. The Balaban J connectivity index is 2.01. The second-order valence-corrected chi connectivity index (χ2v) is 5.72. The van der Waals surface area contributed by atoms with E-state index in [9.17, 15) is 9.59 Å². The van der Waals surface area contributed by atoms with Gasteiger partial charge >= 0.3 is 11.9 Å². The monoisotopic (exact) mass is 236 g/mol. The lowest BCUT2D eigenvalue weighted by Gasteiger charge is -2.38. The van der Waals surface area contributed by atoms with Crippen LogP contribution in [0.15, 0.2) is 12.7 Å². The molecule has 0 aromatic rings. The third-order valence-corrected chi connectivity index (χ3v) is 4.99. The molecule has 2 saturated carbocycles. The van der Waals surface area contributed by atoms with Gasteiger partial charge in [-0.2, -0.15) is 0 Å². The van der Waals surface area contributed by atoms with Crippen molar-refractivity contribution in [1.82, 2.24) is 0 Å². The molecule has 4 heteroatoms. The second-order valence-electron chi connectivity index (χ2n) is 5.72. The molecule has 0 radical (unpaired) electrons. The van der Waals surface area contributed by atoms with Crippen LogP contribution in [0.4, 0.5) is 0 Å². The molecule has 3 rings (SSSR count). The quantitative estimate of drug-likeness (QED) is 0.540. The Hall–Kier alpha value is -1.32. The lowest BCUT2D eigenvalue weighted by atomic mass is 9.70. The van der Waals surface area contributed by atoms with Crippen LogP contribution in [0, 0.1) is 23.2 Å². The maximum atomic E-state index is 11.9. The number of hydrogen-bond donors (Lipinski definition) is 0. The zero-order chi connectivity index (χ0) is 12.4. The van der Waals surface area contributed by atoms with Crippen LogP contribution in [0.3, 0.4) is 0 Å². The Bertz CT molecular complexity index is 429. The van der Waals surface area contributed by atoms with E-state index < -0.39 is 11.8 Å².